The van der Waals surface area contributed by atoms with Gasteiger partial charge in [0.15, 0.2) is 0 Å². The number of nitrogens with zero attached hydrogens (tertiary/aromatic N) is 1. The molecule has 2 aliphatic carbocycles. The van der Waals surface area contributed by atoms with Gasteiger partial charge in [0.05, 0.1) is 0 Å². The van der Waals surface area contributed by atoms with Crippen LogP contribution in [0.5, 0.6) is 0 Å². The minimum atomic E-state index is 0.0547. The molecule has 0 aromatic rings. The number of hydrogen-bond donors (Lipinski definition) is 1. The molecule has 0 amide bonds. The van der Waals surface area contributed by atoms with Crippen molar-refractivity contribution in [2.45, 2.75) is 58.0 Å². The lowest BCUT2D eigenvalue weighted by atomic mass is 9.96. The fraction of sp³-hybridized carbons (Fsp3) is 1.00. The quantitative estimate of drug-likeness (QED) is 0.728. The van der Waals surface area contributed by atoms with E-state index < -0.39 is 0 Å². The monoisotopic (exact) mass is 210 g/mol. The van der Waals surface area contributed by atoms with Gasteiger partial charge in [0.25, 0.3) is 0 Å². The van der Waals surface area contributed by atoms with Gasteiger partial charge in [-0.15, -0.1) is 0 Å². The van der Waals surface area contributed by atoms with E-state index >= 15 is 0 Å². The Balaban J connectivity index is 1.86. The van der Waals surface area contributed by atoms with Crippen molar-refractivity contribution in [1.29, 1.82) is 0 Å². The van der Waals surface area contributed by atoms with Crippen LogP contribution in [0.2, 0.25) is 0 Å². The third kappa shape index (κ3) is 3.18. The third-order valence-electron chi connectivity index (χ3n) is 3.97. The Hall–Kier alpha value is -0.0800. The van der Waals surface area contributed by atoms with Crippen LogP contribution < -0.4 is 5.73 Å². The van der Waals surface area contributed by atoms with Gasteiger partial charge in [0, 0.05) is 24.7 Å². The Bertz CT molecular complexity index is 215. The van der Waals surface area contributed by atoms with Crippen LogP contribution >= 0.6 is 0 Å². The molecule has 0 radical (unpaired) electrons. The Kier molecular flexibility index (Phi) is 3.09. The highest BCUT2D eigenvalue weighted by Crippen LogP contribution is 2.39. The zero-order valence-electron chi connectivity index (χ0n) is 10.5. The van der Waals surface area contributed by atoms with Crippen LogP contribution in [0.1, 0.15) is 46.5 Å². The van der Waals surface area contributed by atoms with Crippen LogP contribution in [-0.4, -0.2) is 29.6 Å². The van der Waals surface area contributed by atoms with Gasteiger partial charge in [0.2, 0.25) is 0 Å². The van der Waals surface area contributed by atoms with Crippen LogP contribution in [0.15, 0.2) is 0 Å². The number of hydrogen-bond acceptors (Lipinski definition) is 2. The van der Waals surface area contributed by atoms with E-state index in [1.165, 1.54) is 32.2 Å². The smallest absolute Gasteiger partial charge is 0.0283 e. The zero-order chi connectivity index (χ0) is 11.1. The van der Waals surface area contributed by atoms with E-state index in [2.05, 4.69) is 25.7 Å². The van der Waals surface area contributed by atoms with Crippen molar-refractivity contribution < 1.29 is 0 Å². The van der Waals surface area contributed by atoms with E-state index in [1.807, 2.05) is 0 Å². The van der Waals surface area contributed by atoms with Crippen LogP contribution in [-0.2, 0) is 0 Å². The highest BCUT2D eigenvalue weighted by Gasteiger charge is 2.40. The summed E-state index contributed by atoms with van der Waals surface area (Å²) in [5.41, 5.74) is 6.47. The number of nitrogens with two attached hydrogens (primary N) is 1. The molecule has 2 rings (SSSR count). The maximum atomic E-state index is 6.42. The van der Waals surface area contributed by atoms with E-state index in [1.54, 1.807) is 0 Å². The van der Waals surface area contributed by atoms with Crippen molar-refractivity contribution in [2.75, 3.05) is 13.1 Å². The van der Waals surface area contributed by atoms with Gasteiger partial charge >= 0.3 is 0 Å². The first-order valence-electron chi connectivity index (χ1n) is 6.52. The summed E-state index contributed by atoms with van der Waals surface area (Å²) in [6, 6.07) is 0.646. The molecule has 2 aliphatic rings. The van der Waals surface area contributed by atoms with Crippen LogP contribution in [0, 0.1) is 11.8 Å². The van der Waals surface area contributed by atoms with Gasteiger partial charge in [-0.25, -0.2) is 0 Å². The van der Waals surface area contributed by atoms with E-state index in [9.17, 15) is 0 Å². The molecule has 0 aromatic heterocycles. The molecule has 2 N–H and O–H groups in total. The van der Waals surface area contributed by atoms with Gasteiger partial charge in [-0.05, 0) is 58.3 Å². The van der Waals surface area contributed by atoms with Crippen molar-refractivity contribution in [3.8, 4) is 0 Å². The summed E-state index contributed by atoms with van der Waals surface area (Å²) in [6.45, 7) is 9.20. The summed E-state index contributed by atoms with van der Waals surface area (Å²) < 4.78 is 0. The van der Waals surface area contributed by atoms with Crippen molar-refractivity contribution in [3.63, 3.8) is 0 Å². The molecule has 0 saturated heterocycles. The maximum Gasteiger partial charge on any atom is 0.0283 e. The fourth-order valence-corrected chi connectivity index (χ4v) is 2.40. The molecule has 88 valence electrons. The molecule has 2 fully saturated rings. The van der Waals surface area contributed by atoms with Crippen LogP contribution in [0.25, 0.3) is 0 Å². The molecule has 15 heavy (non-hydrogen) atoms. The number of rotatable bonds is 6. The van der Waals surface area contributed by atoms with E-state index in [-0.39, 0.29) is 5.54 Å². The van der Waals surface area contributed by atoms with Gasteiger partial charge in [-0.2, -0.15) is 0 Å². The van der Waals surface area contributed by atoms with E-state index in [0.717, 1.165) is 18.4 Å². The zero-order valence-corrected chi connectivity index (χ0v) is 10.5. The molecule has 2 nitrogen and oxygen atoms in total. The molecule has 1 atom stereocenters. The standard InChI is InChI=1S/C13H26N2/c1-10(2)15(8-11-4-5-11)9-13(3,14)12-6-7-12/h10-12H,4-9,14H2,1-3H3. The topological polar surface area (TPSA) is 29.3 Å². The average Bonchev–Trinajstić information content (AvgIpc) is 2.98. The average molecular weight is 210 g/mol. The molecule has 0 bridgehead atoms. The molecule has 1 unspecified atom stereocenters. The first kappa shape index (κ1) is 11.4. The Morgan fingerprint density at radius 1 is 1.27 bits per heavy atom. The van der Waals surface area contributed by atoms with Crippen molar-refractivity contribution in [1.82, 2.24) is 4.90 Å². The van der Waals surface area contributed by atoms with Crippen molar-refractivity contribution in [3.05, 3.63) is 0 Å². The highest BCUT2D eigenvalue weighted by atomic mass is 15.2. The molecule has 2 heteroatoms. The predicted octanol–water partition coefficient (Wildman–Crippen LogP) is 2.23. The SMILES string of the molecule is CC(C)N(CC1CC1)CC(C)(N)C1CC1. The first-order valence-corrected chi connectivity index (χ1v) is 6.52. The van der Waals surface area contributed by atoms with E-state index in [4.69, 9.17) is 5.73 Å². The Morgan fingerprint density at radius 2 is 1.87 bits per heavy atom. The Labute approximate surface area is 94.2 Å². The fourth-order valence-electron chi connectivity index (χ4n) is 2.40. The van der Waals surface area contributed by atoms with Gasteiger partial charge in [0.1, 0.15) is 0 Å². The summed E-state index contributed by atoms with van der Waals surface area (Å²) in [5, 5.41) is 0. The highest BCUT2D eigenvalue weighted by molar-refractivity contribution is 4.98. The van der Waals surface area contributed by atoms with Gasteiger partial charge < -0.3 is 5.73 Å². The Morgan fingerprint density at radius 3 is 2.27 bits per heavy atom. The lowest BCUT2D eigenvalue weighted by Crippen LogP contribution is -2.52. The molecule has 0 heterocycles. The minimum Gasteiger partial charge on any atom is -0.324 e. The second-order valence-corrected chi connectivity index (χ2v) is 6.25. The molecular weight excluding hydrogens is 184 g/mol. The summed E-state index contributed by atoms with van der Waals surface area (Å²) in [4.78, 5) is 2.59. The molecular formula is C13H26N2. The molecule has 2 saturated carbocycles. The van der Waals surface area contributed by atoms with Gasteiger partial charge in [-0.1, -0.05) is 0 Å². The second kappa shape index (κ2) is 4.06. The summed E-state index contributed by atoms with van der Waals surface area (Å²) in [5.74, 6) is 1.76. The van der Waals surface area contributed by atoms with Gasteiger partial charge in [-0.3, -0.25) is 4.90 Å². The minimum absolute atomic E-state index is 0.0547. The second-order valence-electron chi connectivity index (χ2n) is 6.25. The van der Waals surface area contributed by atoms with Crippen LogP contribution in [0.3, 0.4) is 0 Å². The lowest BCUT2D eigenvalue weighted by Gasteiger charge is -2.35. The normalized spacial score (nSPS) is 26.0. The summed E-state index contributed by atoms with van der Waals surface area (Å²) in [6.07, 6.45) is 5.58. The largest absolute Gasteiger partial charge is 0.324 e. The molecule has 0 aliphatic heterocycles. The summed E-state index contributed by atoms with van der Waals surface area (Å²) in [7, 11) is 0. The lowest BCUT2D eigenvalue weighted by molar-refractivity contribution is 0.159. The van der Waals surface area contributed by atoms with E-state index in [0.29, 0.717) is 6.04 Å². The molecule has 0 spiro atoms. The van der Waals surface area contributed by atoms with Crippen molar-refractivity contribution >= 4 is 0 Å². The van der Waals surface area contributed by atoms with Crippen molar-refractivity contribution in [2.24, 2.45) is 17.6 Å². The predicted molar refractivity (Wildman–Crippen MR) is 64.7 cm³/mol. The maximum absolute atomic E-state index is 6.42. The van der Waals surface area contributed by atoms with Crippen LogP contribution in [0.4, 0.5) is 0 Å². The first-order chi connectivity index (χ1) is 6.99. The molecule has 0 aromatic carbocycles. The summed E-state index contributed by atoms with van der Waals surface area (Å²) >= 11 is 0. The third-order valence-corrected chi connectivity index (χ3v) is 3.97.